The number of benzene rings is 2. The second kappa shape index (κ2) is 9.84. The number of rotatable bonds is 9. The predicted octanol–water partition coefficient (Wildman–Crippen LogP) is 3.22. The summed E-state index contributed by atoms with van der Waals surface area (Å²) in [5.41, 5.74) is 2.79. The minimum absolute atomic E-state index is 0.0689. The van der Waals surface area contributed by atoms with E-state index in [4.69, 9.17) is 0 Å². The Balaban J connectivity index is 1.57. The molecule has 9 heteroatoms. The van der Waals surface area contributed by atoms with Crippen LogP contribution < -0.4 is 4.72 Å². The van der Waals surface area contributed by atoms with Gasteiger partial charge in [-0.2, -0.15) is 5.10 Å². The molecule has 7 nitrogen and oxygen atoms in total. The highest BCUT2D eigenvalue weighted by Crippen LogP contribution is 2.19. The minimum Gasteiger partial charge on any atom is -0.342 e. The number of nitrogens with one attached hydrogen (secondary N) is 2. The number of aromatic nitrogens is 2. The van der Waals surface area contributed by atoms with Gasteiger partial charge in [-0.05, 0) is 61.4 Å². The van der Waals surface area contributed by atoms with E-state index in [0.29, 0.717) is 24.9 Å². The van der Waals surface area contributed by atoms with Gasteiger partial charge in [0.25, 0.3) is 5.91 Å². The van der Waals surface area contributed by atoms with Gasteiger partial charge in [-0.15, -0.1) is 0 Å². The fourth-order valence-electron chi connectivity index (χ4n) is 3.16. The van der Waals surface area contributed by atoms with Crippen molar-refractivity contribution in [3.05, 3.63) is 71.7 Å². The van der Waals surface area contributed by atoms with Gasteiger partial charge in [0.15, 0.2) is 0 Å². The molecule has 1 heterocycles. The van der Waals surface area contributed by atoms with E-state index in [0.717, 1.165) is 17.0 Å². The number of hydrogen-bond donors (Lipinski definition) is 2. The molecule has 3 aromatic rings. The molecule has 0 saturated heterocycles. The van der Waals surface area contributed by atoms with Crippen molar-refractivity contribution < 1.29 is 17.6 Å². The SMILES string of the molecule is CCNS(=O)(=O)c1cccc(C(=O)N(C)CCCc2cc(-c3ccc(F)cc3)n[nH]2)c1. The van der Waals surface area contributed by atoms with Crippen molar-refractivity contribution in [3.8, 4) is 11.3 Å². The van der Waals surface area contributed by atoms with Crippen LogP contribution in [-0.4, -0.2) is 49.6 Å². The summed E-state index contributed by atoms with van der Waals surface area (Å²) in [5, 5.41) is 7.22. The number of nitrogens with zero attached hydrogens (tertiary/aromatic N) is 2. The molecule has 0 aliphatic rings. The van der Waals surface area contributed by atoms with E-state index in [1.807, 2.05) is 6.07 Å². The zero-order valence-electron chi connectivity index (χ0n) is 17.4. The summed E-state index contributed by atoms with van der Waals surface area (Å²) in [6, 6.07) is 14.1. The third kappa shape index (κ3) is 5.77. The predicted molar refractivity (Wildman–Crippen MR) is 117 cm³/mol. The molecule has 1 amide bonds. The molecule has 2 aromatic carbocycles. The number of sulfonamides is 1. The van der Waals surface area contributed by atoms with Crippen LogP contribution in [0.2, 0.25) is 0 Å². The molecule has 0 bridgehead atoms. The number of aryl methyl sites for hydroxylation is 1. The summed E-state index contributed by atoms with van der Waals surface area (Å²) in [5.74, 6) is -0.540. The topological polar surface area (TPSA) is 95.2 Å². The molecule has 0 aliphatic carbocycles. The number of halogens is 1. The molecule has 0 aliphatic heterocycles. The number of carbonyl (C=O) groups is 1. The van der Waals surface area contributed by atoms with Crippen LogP contribution in [-0.2, 0) is 16.4 Å². The smallest absolute Gasteiger partial charge is 0.253 e. The van der Waals surface area contributed by atoms with Gasteiger partial charge in [-0.3, -0.25) is 9.89 Å². The minimum atomic E-state index is -3.62. The first-order valence-corrected chi connectivity index (χ1v) is 11.4. The highest BCUT2D eigenvalue weighted by Gasteiger charge is 2.17. The number of amides is 1. The zero-order chi connectivity index (χ0) is 22.4. The first kappa shape index (κ1) is 22.6. The van der Waals surface area contributed by atoms with Crippen molar-refractivity contribution in [2.24, 2.45) is 0 Å². The Morgan fingerprint density at radius 1 is 1.16 bits per heavy atom. The van der Waals surface area contributed by atoms with Crippen LogP contribution in [0.25, 0.3) is 11.3 Å². The number of carbonyl (C=O) groups excluding carboxylic acids is 1. The van der Waals surface area contributed by atoms with Gasteiger partial charge < -0.3 is 4.90 Å². The average Bonchev–Trinajstić information content (AvgIpc) is 3.22. The van der Waals surface area contributed by atoms with E-state index < -0.39 is 10.0 Å². The second-order valence-electron chi connectivity index (χ2n) is 7.14. The van der Waals surface area contributed by atoms with Crippen LogP contribution in [0.3, 0.4) is 0 Å². The first-order valence-electron chi connectivity index (χ1n) is 9.95. The van der Waals surface area contributed by atoms with E-state index in [2.05, 4.69) is 14.9 Å². The number of hydrogen-bond acceptors (Lipinski definition) is 4. The maximum atomic E-state index is 13.1. The molecule has 0 atom stereocenters. The van der Waals surface area contributed by atoms with E-state index in [1.165, 1.54) is 24.3 Å². The van der Waals surface area contributed by atoms with Crippen LogP contribution in [0.4, 0.5) is 4.39 Å². The van der Waals surface area contributed by atoms with Crippen LogP contribution in [0.5, 0.6) is 0 Å². The van der Waals surface area contributed by atoms with E-state index in [-0.39, 0.29) is 23.2 Å². The third-order valence-electron chi connectivity index (χ3n) is 4.78. The Kier molecular flexibility index (Phi) is 7.19. The molecule has 0 radical (unpaired) electrons. The van der Waals surface area contributed by atoms with Crippen molar-refractivity contribution >= 4 is 15.9 Å². The maximum Gasteiger partial charge on any atom is 0.253 e. The molecule has 164 valence electrons. The van der Waals surface area contributed by atoms with E-state index in [9.17, 15) is 17.6 Å². The number of H-pyrrole nitrogens is 1. The quantitative estimate of drug-likeness (QED) is 0.530. The maximum absolute atomic E-state index is 13.1. The van der Waals surface area contributed by atoms with E-state index >= 15 is 0 Å². The summed E-state index contributed by atoms with van der Waals surface area (Å²) in [6.07, 6.45) is 1.38. The summed E-state index contributed by atoms with van der Waals surface area (Å²) in [6.45, 7) is 2.47. The van der Waals surface area contributed by atoms with Gasteiger partial charge in [0.1, 0.15) is 5.82 Å². The lowest BCUT2D eigenvalue weighted by molar-refractivity contribution is 0.0793. The molecular formula is C22H25FN4O3S. The largest absolute Gasteiger partial charge is 0.342 e. The van der Waals surface area contributed by atoms with Crippen LogP contribution >= 0.6 is 0 Å². The summed E-state index contributed by atoms with van der Waals surface area (Å²) >= 11 is 0. The normalized spacial score (nSPS) is 11.5. The molecule has 0 saturated carbocycles. The summed E-state index contributed by atoms with van der Waals surface area (Å²) in [7, 11) is -1.94. The third-order valence-corrected chi connectivity index (χ3v) is 6.33. The van der Waals surface area contributed by atoms with Crippen molar-refractivity contribution in [2.75, 3.05) is 20.1 Å². The molecule has 2 N–H and O–H groups in total. The van der Waals surface area contributed by atoms with Crippen LogP contribution in [0.1, 0.15) is 29.4 Å². The average molecular weight is 445 g/mol. The van der Waals surface area contributed by atoms with Gasteiger partial charge in [0.05, 0.1) is 10.6 Å². The number of aromatic amines is 1. The fraction of sp³-hybridized carbons (Fsp3) is 0.273. The summed E-state index contributed by atoms with van der Waals surface area (Å²) in [4.78, 5) is 14.3. The van der Waals surface area contributed by atoms with Crippen LogP contribution in [0.15, 0.2) is 59.5 Å². The molecule has 31 heavy (non-hydrogen) atoms. The van der Waals surface area contributed by atoms with Gasteiger partial charge in [0, 0.05) is 37.0 Å². The van der Waals surface area contributed by atoms with Gasteiger partial charge >= 0.3 is 0 Å². The highest BCUT2D eigenvalue weighted by molar-refractivity contribution is 7.89. The molecule has 0 fully saturated rings. The van der Waals surface area contributed by atoms with Crippen molar-refractivity contribution in [3.63, 3.8) is 0 Å². The molecule has 0 unspecified atom stereocenters. The lowest BCUT2D eigenvalue weighted by Gasteiger charge is -2.17. The Hall–Kier alpha value is -3.04. The standard InChI is InChI=1S/C22H25FN4O3S/c1-3-24-31(29,30)20-8-4-6-17(14-20)22(28)27(2)13-5-7-19-15-21(26-25-19)16-9-11-18(23)12-10-16/h4,6,8-12,14-15,24H,3,5,7,13H2,1-2H3,(H,25,26). The Morgan fingerprint density at radius 3 is 2.61 bits per heavy atom. The lowest BCUT2D eigenvalue weighted by Crippen LogP contribution is -2.28. The molecule has 0 spiro atoms. The second-order valence-corrected chi connectivity index (χ2v) is 8.91. The molecule has 1 aromatic heterocycles. The van der Waals surface area contributed by atoms with E-state index in [1.54, 1.807) is 43.1 Å². The van der Waals surface area contributed by atoms with Gasteiger partial charge in [-0.1, -0.05) is 13.0 Å². The zero-order valence-corrected chi connectivity index (χ0v) is 18.2. The van der Waals surface area contributed by atoms with Gasteiger partial charge in [0.2, 0.25) is 10.0 Å². The Labute approximate surface area is 181 Å². The first-order chi connectivity index (χ1) is 14.8. The van der Waals surface area contributed by atoms with Gasteiger partial charge in [-0.25, -0.2) is 17.5 Å². The molecule has 3 rings (SSSR count). The van der Waals surface area contributed by atoms with Crippen molar-refractivity contribution in [2.45, 2.75) is 24.7 Å². The highest BCUT2D eigenvalue weighted by atomic mass is 32.2. The fourth-order valence-corrected chi connectivity index (χ4v) is 4.24. The lowest BCUT2D eigenvalue weighted by atomic mass is 10.1. The Morgan fingerprint density at radius 2 is 1.90 bits per heavy atom. The summed E-state index contributed by atoms with van der Waals surface area (Å²) < 4.78 is 39.8. The Bertz CT molecular complexity index is 1140. The van der Waals surface area contributed by atoms with Crippen molar-refractivity contribution in [1.29, 1.82) is 0 Å². The monoisotopic (exact) mass is 444 g/mol. The van der Waals surface area contributed by atoms with Crippen molar-refractivity contribution in [1.82, 2.24) is 19.8 Å². The molecular weight excluding hydrogens is 419 g/mol. The van der Waals surface area contributed by atoms with Crippen LogP contribution in [0, 0.1) is 5.82 Å².